The van der Waals surface area contributed by atoms with Crippen LogP contribution in [0.2, 0.25) is 0 Å². The quantitative estimate of drug-likeness (QED) is 0.211. The summed E-state index contributed by atoms with van der Waals surface area (Å²) in [5.74, 6) is 0. The topological polar surface area (TPSA) is 51.8 Å². The van der Waals surface area contributed by atoms with E-state index in [0.29, 0.717) is 0 Å². The Kier molecular flexibility index (Phi) is 7.05. The van der Waals surface area contributed by atoms with E-state index in [1.807, 2.05) is 13.0 Å². The average Bonchev–Trinajstić information content (AvgIpc) is 3.05. The maximum absolute atomic E-state index is 6.23. The molecule has 0 radical (unpaired) electrons. The number of fused-ring (bicyclic) bond motifs is 2. The molecular formula is C38H30N3P. The van der Waals surface area contributed by atoms with Gasteiger partial charge in [-0.05, 0) is 53.2 Å². The second-order valence-corrected chi connectivity index (χ2v) is 12.7. The fourth-order valence-corrected chi connectivity index (χ4v) is 8.22. The monoisotopic (exact) mass is 559 g/mol. The van der Waals surface area contributed by atoms with Gasteiger partial charge in [0.1, 0.15) is 11.4 Å². The van der Waals surface area contributed by atoms with Crippen molar-refractivity contribution in [1.29, 1.82) is 0 Å². The molecule has 0 bridgehead atoms. The standard InChI is InChI=1S/C38H30N3P/c1-26(39)28-14-12-15-29(25-28)37-33-21-10-11-22-34(33)38(41-40-37)36-32-20-9-8-13-27(32)23-24-35(36)42(30-16-4-2-5-17-30)31-18-6-3-7-19-31/h2-26H,39H2,1H3. The third-order valence-electron chi connectivity index (χ3n) is 7.79. The van der Waals surface area contributed by atoms with Crippen LogP contribution in [0.1, 0.15) is 18.5 Å². The van der Waals surface area contributed by atoms with Crippen LogP contribution in [0.5, 0.6) is 0 Å². The average molecular weight is 560 g/mol. The Morgan fingerprint density at radius 2 is 1.12 bits per heavy atom. The van der Waals surface area contributed by atoms with E-state index >= 15 is 0 Å². The molecule has 3 nitrogen and oxygen atoms in total. The van der Waals surface area contributed by atoms with Crippen molar-refractivity contribution in [3.8, 4) is 22.5 Å². The first-order valence-electron chi connectivity index (χ1n) is 14.2. The van der Waals surface area contributed by atoms with Crippen LogP contribution in [0, 0.1) is 0 Å². The third kappa shape index (κ3) is 4.77. The molecule has 0 aliphatic carbocycles. The summed E-state index contributed by atoms with van der Waals surface area (Å²) in [6, 6.07) is 51.6. The van der Waals surface area contributed by atoms with Crippen molar-refractivity contribution in [1.82, 2.24) is 10.2 Å². The summed E-state index contributed by atoms with van der Waals surface area (Å²) in [6.07, 6.45) is 0. The highest BCUT2D eigenvalue weighted by Gasteiger charge is 2.24. The van der Waals surface area contributed by atoms with Gasteiger partial charge >= 0.3 is 0 Å². The van der Waals surface area contributed by atoms with E-state index in [1.54, 1.807) is 0 Å². The zero-order valence-electron chi connectivity index (χ0n) is 23.4. The summed E-state index contributed by atoms with van der Waals surface area (Å²) in [7, 11) is -0.864. The van der Waals surface area contributed by atoms with E-state index in [4.69, 9.17) is 15.9 Å². The first-order valence-corrected chi connectivity index (χ1v) is 15.6. The molecule has 0 saturated carbocycles. The second-order valence-electron chi connectivity index (χ2n) is 10.5. The summed E-state index contributed by atoms with van der Waals surface area (Å²) in [5, 5.41) is 18.4. The molecule has 0 saturated heterocycles. The SMILES string of the molecule is CC(N)c1cccc(-c2nnc(-c3c(P(c4ccccc4)c4ccccc4)ccc4ccccc34)c3ccccc23)c1. The number of benzene rings is 6. The maximum Gasteiger partial charge on any atom is 0.102 e. The maximum atomic E-state index is 6.23. The van der Waals surface area contributed by atoms with Crippen molar-refractivity contribution in [3.63, 3.8) is 0 Å². The van der Waals surface area contributed by atoms with Crippen molar-refractivity contribution in [2.45, 2.75) is 13.0 Å². The molecule has 0 spiro atoms. The summed E-state index contributed by atoms with van der Waals surface area (Å²) in [5.41, 5.74) is 11.3. The Hall–Kier alpha value is -4.69. The van der Waals surface area contributed by atoms with Crippen molar-refractivity contribution in [2.75, 3.05) is 0 Å². The molecule has 0 amide bonds. The van der Waals surface area contributed by atoms with Crippen LogP contribution in [-0.2, 0) is 0 Å². The zero-order valence-corrected chi connectivity index (χ0v) is 24.2. The second kappa shape index (κ2) is 11.3. The van der Waals surface area contributed by atoms with Crippen LogP contribution in [0.15, 0.2) is 146 Å². The van der Waals surface area contributed by atoms with Gasteiger partial charge in [0.15, 0.2) is 0 Å². The van der Waals surface area contributed by atoms with Gasteiger partial charge < -0.3 is 5.73 Å². The predicted octanol–water partition coefficient (Wildman–Crippen LogP) is 7.89. The predicted molar refractivity (Wildman–Crippen MR) is 179 cm³/mol. The van der Waals surface area contributed by atoms with Crippen molar-refractivity contribution in [3.05, 3.63) is 151 Å². The summed E-state index contributed by atoms with van der Waals surface area (Å²) < 4.78 is 0. The molecule has 7 aromatic rings. The lowest BCUT2D eigenvalue weighted by Gasteiger charge is -2.24. The molecule has 0 aliphatic rings. The Bertz CT molecular complexity index is 1980. The van der Waals surface area contributed by atoms with Gasteiger partial charge in [0.25, 0.3) is 0 Å². The van der Waals surface area contributed by atoms with E-state index < -0.39 is 7.92 Å². The Balaban J connectivity index is 1.54. The molecule has 4 heteroatoms. The number of nitrogens with two attached hydrogens (primary N) is 1. The van der Waals surface area contributed by atoms with Gasteiger partial charge in [0.2, 0.25) is 0 Å². The highest BCUT2D eigenvalue weighted by Crippen LogP contribution is 2.42. The first-order chi connectivity index (χ1) is 20.7. The summed E-state index contributed by atoms with van der Waals surface area (Å²) in [4.78, 5) is 0. The Morgan fingerprint density at radius 1 is 0.548 bits per heavy atom. The van der Waals surface area contributed by atoms with Crippen LogP contribution in [0.25, 0.3) is 44.1 Å². The summed E-state index contributed by atoms with van der Waals surface area (Å²) in [6.45, 7) is 2.01. The third-order valence-corrected chi connectivity index (χ3v) is 10.3. The van der Waals surface area contributed by atoms with Gasteiger partial charge in [-0.25, -0.2) is 0 Å². The van der Waals surface area contributed by atoms with E-state index in [0.717, 1.165) is 38.9 Å². The normalized spacial score (nSPS) is 12.2. The lowest BCUT2D eigenvalue weighted by Crippen LogP contribution is -2.22. The van der Waals surface area contributed by atoms with Crippen LogP contribution < -0.4 is 21.6 Å². The molecule has 0 fully saturated rings. The van der Waals surface area contributed by atoms with Gasteiger partial charge in [-0.3, -0.25) is 0 Å². The lowest BCUT2D eigenvalue weighted by molar-refractivity contribution is 0.818. The van der Waals surface area contributed by atoms with Crippen LogP contribution in [-0.4, -0.2) is 10.2 Å². The first kappa shape index (κ1) is 26.2. The number of hydrogen-bond acceptors (Lipinski definition) is 3. The zero-order chi connectivity index (χ0) is 28.5. The minimum absolute atomic E-state index is 0.0584. The largest absolute Gasteiger partial charge is 0.324 e. The van der Waals surface area contributed by atoms with E-state index in [9.17, 15) is 0 Å². The van der Waals surface area contributed by atoms with Gasteiger partial charge in [0.05, 0.1) is 0 Å². The summed E-state index contributed by atoms with van der Waals surface area (Å²) >= 11 is 0. The van der Waals surface area contributed by atoms with Crippen LogP contribution in [0.4, 0.5) is 0 Å². The number of aromatic nitrogens is 2. The molecule has 202 valence electrons. The minimum atomic E-state index is -0.864. The van der Waals surface area contributed by atoms with E-state index in [2.05, 4.69) is 140 Å². The molecule has 42 heavy (non-hydrogen) atoms. The molecule has 1 unspecified atom stereocenters. The number of rotatable bonds is 6. The lowest BCUT2D eigenvalue weighted by atomic mass is 9.96. The smallest absolute Gasteiger partial charge is 0.102 e. The van der Waals surface area contributed by atoms with Crippen molar-refractivity contribution in [2.24, 2.45) is 5.73 Å². The van der Waals surface area contributed by atoms with Crippen LogP contribution >= 0.6 is 7.92 Å². The van der Waals surface area contributed by atoms with Crippen molar-refractivity contribution < 1.29 is 0 Å². The molecule has 1 aromatic heterocycles. The molecule has 6 aromatic carbocycles. The Morgan fingerprint density at radius 3 is 1.79 bits per heavy atom. The minimum Gasteiger partial charge on any atom is -0.324 e. The highest BCUT2D eigenvalue weighted by atomic mass is 31.1. The molecule has 1 heterocycles. The van der Waals surface area contributed by atoms with Gasteiger partial charge in [-0.1, -0.05) is 140 Å². The molecular weight excluding hydrogens is 529 g/mol. The van der Waals surface area contributed by atoms with Crippen LogP contribution in [0.3, 0.4) is 0 Å². The van der Waals surface area contributed by atoms with Gasteiger partial charge in [0, 0.05) is 27.9 Å². The molecule has 0 aliphatic heterocycles. The Labute approximate surface area is 247 Å². The fourth-order valence-electron chi connectivity index (χ4n) is 5.75. The van der Waals surface area contributed by atoms with Gasteiger partial charge in [-0.15, -0.1) is 10.2 Å². The number of hydrogen-bond donors (Lipinski definition) is 1. The van der Waals surface area contributed by atoms with E-state index in [1.165, 1.54) is 26.7 Å². The van der Waals surface area contributed by atoms with E-state index in [-0.39, 0.29) is 6.04 Å². The highest BCUT2D eigenvalue weighted by molar-refractivity contribution is 7.80. The molecule has 7 rings (SSSR count). The molecule has 2 N–H and O–H groups in total. The van der Waals surface area contributed by atoms with Gasteiger partial charge in [-0.2, -0.15) is 0 Å². The molecule has 1 atom stereocenters. The van der Waals surface area contributed by atoms with Crippen molar-refractivity contribution >= 4 is 45.4 Å². The fraction of sp³-hybridized carbons (Fsp3) is 0.0526. The number of nitrogens with zero attached hydrogens (tertiary/aromatic N) is 2.